The van der Waals surface area contributed by atoms with E-state index in [0.29, 0.717) is 0 Å². The lowest BCUT2D eigenvalue weighted by molar-refractivity contribution is -0.132. The second kappa shape index (κ2) is 6.12. The van der Waals surface area contributed by atoms with E-state index in [4.69, 9.17) is 5.11 Å². The van der Waals surface area contributed by atoms with Crippen molar-refractivity contribution in [3.8, 4) is 0 Å². The predicted molar refractivity (Wildman–Crippen MR) is 65.2 cm³/mol. The zero-order valence-electron chi connectivity index (χ0n) is 8.84. The maximum Gasteiger partial charge on any atom is 0.332 e. The molecule has 0 saturated heterocycles. The molecule has 0 heterocycles. The Morgan fingerprint density at radius 2 is 1.94 bits per heavy atom. The molecule has 1 aromatic rings. The van der Waals surface area contributed by atoms with Crippen LogP contribution in [0.15, 0.2) is 35.9 Å². The first-order valence-electron chi connectivity index (χ1n) is 4.72. The average Bonchev–Trinajstić information content (AvgIpc) is 2.25. The summed E-state index contributed by atoms with van der Waals surface area (Å²) in [5, 5.41) is 8.87. The van der Waals surface area contributed by atoms with Crippen LogP contribution < -0.4 is 0 Å². The zero-order chi connectivity index (χ0) is 12.0. The second-order valence-electron chi connectivity index (χ2n) is 3.17. The summed E-state index contributed by atoms with van der Waals surface area (Å²) in [5.74, 6) is -0.794. The Morgan fingerprint density at radius 1 is 1.31 bits per heavy atom. The molecule has 0 amide bonds. The van der Waals surface area contributed by atoms with Crippen LogP contribution in [0.1, 0.15) is 12.5 Å². The standard InChI is InChI=1S/C12H12O3S/c1-9(13)16-8-11(12(14)15)7-10-5-3-2-4-6-10/h2-7H,8H2,1H3,(H,14,15)/b11-7+. The molecule has 0 unspecified atom stereocenters. The zero-order valence-corrected chi connectivity index (χ0v) is 9.66. The van der Waals surface area contributed by atoms with E-state index in [2.05, 4.69) is 0 Å². The number of rotatable bonds is 4. The first-order valence-corrected chi connectivity index (χ1v) is 5.70. The summed E-state index contributed by atoms with van der Waals surface area (Å²) in [5.41, 5.74) is 1.05. The van der Waals surface area contributed by atoms with E-state index in [1.165, 1.54) is 6.92 Å². The molecule has 1 rings (SSSR count). The Bertz CT molecular complexity index is 410. The molecule has 0 aromatic heterocycles. The third kappa shape index (κ3) is 4.31. The van der Waals surface area contributed by atoms with E-state index < -0.39 is 5.97 Å². The van der Waals surface area contributed by atoms with Crippen LogP contribution in [0.3, 0.4) is 0 Å². The number of carbonyl (C=O) groups excluding carboxylic acids is 1. The van der Waals surface area contributed by atoms with Crippen LogP contribution in [-0.4, -0.2) is 21.9 Å². The van der Waals surface area contributed by atoms with Gasteiger partial charge in [-0.15, -0.1) is 0 Å². The van der Waals surface area contributed by atoms with Gasteiger partial charge in [-0.25, -0.2) is 4.79 Å². The van der Waals surface area contributed by atoms with E-state index in [9.17, 15) is 9.59 Å². The summed E-state index contributed by atoms with van der Waals surface area (Å²) in [7, 11) is 0. The molecular formula is C12H12O3S. The minimum Gasteiger partial charge on any atom is -0.478 e. The highest BCUT2D eigenvalue weighted by molar-refractivity contribution is 8.13. The monoisotopic (exact) mass is 236 g/mol. The van der Waals surface area contributed by atoms with Gasteiger partial charge in [0.15, 0.2) is 5.12 Å². The van der Waals surface area contributed by atoms with Crippen LogP contribution in [0.2, 0.25) is 0 Å². The number of thioether (sulfide) groups is 1. The van der Waals surface area contributed by atoms with Gasteiger partial charge in [-0.3, -0.25) is 4.79 Å². The van der Waals surface area contributed by atoms with Crippen molar-refractivity contribution in [1.29, 1.82) is 0 Å². The van der Waals surface area contributed by atoms with E-state index in [0.717, 1.165) is 17.3 Å². The molecule has 0 fully saturated rings. The minimum atomic E-state index is -0.988. The number of carboxylic acid groups (broad SMARTS) is 1. The maximum absolute atomic E-state index is 10.9. The van der Waals surface area contributed by atoms with Gasteiger partial charge in [0.05, 0.1) is 0 Å². The van der Waals surface area contributed by atoms with Gasteiger partial charge in [-0.2, -0.15) is 0 Å². The first kappa shape index (κ1) is 12.5. The predicted octanol–water partition coefficient (Wildman–Crippen LogP) is 2.43. The lowest BCUT2D eigenvalue weighted by Crippen LogP contribution is -2.04. The Kier molecular flexibility index (Phi) is 4.79. The summed E-state index contributed by atoms with van der Waals surface area (Å²) >= 11 is 0.999. The Balaban J connectivity index is 2.81. The van der Waals surface area contributed by atoms with Gasteiger partial charge < -0.3 is 5.11 Å². The highest BCUT2D eigenvalue weighted by Gasteiger charge is 2.08. The lowest BCUT2D eigenvalue weighted by Gasteiger charge is -2.00. The molecule has 0 saturated carbocycles. The van der Waals surface area contributed by atoms with Gasteiger partial charge in [-0.1, -0.05) is 42.1 Å². The molecule has 84 valence electrons. The summed E-state index contributed by atoms with van der Waals surface area (Å²) in [6.07, 6.45) is 1.58. The summed E-state index contributed by atoms with van der Waals surface area (Å²) in [6.45, 7) is 1.42. The summed E-state index contributed by atoms with van der Waals surface area (Å²) in [6, 6.07) is 9.18. The summed E-state index contributed by atoms with van der Waals surface area (Å²) < 4.78 is 0. The Morgan fingerprint density at radius 3 is 2.44 bits per heavy atom. The van der Waals surface area contributed by atoms with Crippen molar-refractivity contribution < 1.29 is 14.7 Å². The largest absolute Gasteiger partial charge is 0.478 e. The van der Waals surface area contributed by atoms with E-state index in [-0.39, 0.29) is 16.4 Å². The van der Waals surface area contributed by atoms with Crippen molar-refractivity contribution in [3.63, 3.8) is 0 Å². The van der Waals surface area contributed by atoms with Crippen molar-refractivity contribution in [1.82, 2.24) is 0 Å². The third-order valence-electron chi connectivity index (χ3n) is 1.85. The highest BCUT2D eigenvalue weighted by Crippen LogP contribution is 2.13. The molecule has 0 aliphatic heterocycles. The minimum absolute atomic E-state index is 0.0831. The fraction of sp³-hybridized carbons (Fsp3) is 0.167. The summed E-state index contributed by atoms with van der Waals surface area (Å²) in [4.78, 5) is 21.7. The Hall–Kier alpha value is -1.55. The maximum atomic E-state index is 10.9. The first-order chi connectivity index (χ1) is 7.59. The molecule has 1 aromatic carbocycles. The van der Waals surface area contributed by atoms with Crippen LogP contribution in [0.4, 0.5) is 0 Å². The van der Waals surface area contributed by atoms with Crippen LogP contribution in [0.25, 0.3) is 6.08 Å². The molecule has 0 spiro atoms. The van der Waals surface area contributed by atoms with Crippen molar-refractivity contribution in [2.24, 2.45) is 0 Å². The van der Waals surface area contributed by atoms with Crippen molar-refractivity contribution in [2.45, 2.75) is 6.92 Å². The van der Waals surface area contributed by atoms with Gasteiger partial charge in [0.25, 0.3) is 0 Å². The van der Waals surface area contributed by atoms with Gasteiger partial charge in [0.1, 0.15) is 0 Å². The molecular weight excluding hydrogens is 224 g/mol. The number of benzene rings is 1. The smallest absolute Gasteiger partial charge is 0.332 e. The fourth-order valence-electron chi connectivity index (χ4n) is 1.09. The van der Waals surface area contributed by atoms with Crippen molar-refractivity contribution in [2.75, 3.05) is 5.75 Å². The van der Waals surface area contributed by atoms with Gasteiger partial charge in [0, 0.05) is 18.2 Å². The molecule has 0 aliphatic rings. The molecule has 16 heavy (non-hydrogen) atoms. The fourth-order valence-corrected chi connectivity index (χ4v) is 1.66. The van der Waals surface area contributed by atoms with E-state index in [1.54, 1.807) is 6.08 Å². The normalized spacial score (nSPS) is 11.2. The SMILES string of the molecule is CC(=O)SC/C(=C\c1ccccc1)C(=O)O. The third-order valence-corrected chi connectivity index (χ3v) is 2.71. The number of carbonyl (C=O) groups is 2. The molecule has 0 aliphatic carbocycles. The van der Waals surface area contributed by atoms with E-state index >= 15 is 0 Å². The Labute approximate surface area is 98.2 Å². The topological polar surface area (TPSA) is 54.4 Å². The van der Waals surface area contributed by atoms with Gasteiger partial charge in [0.2, 0.25) is 0 Å². The molecule has 0 bridgehead atoms. The number of hydrogen-bond acceptors (Lipinski definition) is 3. The van der Waals surface area contributed by atoms with Gasteiger partial charge >= 0.3 is 5.97 Å². The molecule has 0 atom stereocenters. The lowest BCUT2D eigenvalue weighted by atomic mass is 10.1. The molecule has 3 nitrogen and oxygen atoms in total. The van der Waals surface area contributed by atoms with Crippen LogP contribution >= 0.6 is 11.8 Å². The van der Waals surface area contributed by atoms with Crippen LogP contribution in [0.5, 0.6) is 0 Å². The van der Waals surface area contributed by atoms with Crippen molar-refractivity contribution >= 4 is 28.9 Å². The number of hydrogen-bond donors (Lipinski definition) is 1. The van der Waals surface area contributed by atoms with Crippen LogP contribution in [-0.2, 0) is 9.59 Å². The average molecular weight is 236 g/mol. The molecule has 0 radical (unpaired) electrons. The van der Waals surface area contributed by atoms with Crippen LogP contribution in [0, 0.1) is 0 Å². The van der Waals surface area contributed by atoms with E-state index in [1.807, 2.05) is 30.3 Å². The number of aliphatic carboxylic acids is 1. The highest BCUT2D eigenvalue weighted by atomic mass is 32.2. The van der Waals surface area contributed by atoms with Gasteiger partial charge in [-0.05, 0) is 11.6 Å². The quantitative estimate of drug-likeness (QED) is 0.816. The molecule has 1 N–H and O–H groups in total. The number of carboxylic acids is 1. The second-order valence-corrected chi connectivity index (χ2v) is 4.32. The molecule has 4 heteroatoms. The van der Waals surface area contributed by atoms with Crippen molar-refractivity contribution in [3.05, 3.63) is 41.5 Å².